The van der Waals surface area contributed by atoms with Crippen LogP contribution in [0.5, 0.6) is 0 Å². The lowest BCUT2D eigenvalue weighted by Gasteiger charge is -2.31. The number of allylic oxidation sites excluding steroid dienone is 2. The number of hydrogen-bond acceptors (Lipinski definition) is 2. The van der Waals surface area contributed by atoms with Gasteiger partial charge in [0.05, 0.1) is 0 Å². The standard InChI is InChI=1S/C30H38N2/c1-9-26(23-18-31-27-13-11-10-12-21(27)19(23)2)32-28-16-22(20-14-15-20)24(29(3,4)5)17-25(28)30(6,7)8/h9-13,16-18,20,31-32H,2,14-15H2,1,3-8H3/b26-9+. The Bertz CT molecular complexity index is 1110. The molecule has 0 bridgehead atoms. The molecule has 0 amide bonds. The predicted octanol–water partition coefficient (Wildman–Crippen LogP) is 8.50. The fourth-order valence-corrected chi connectivity index (χ4v) is 4.66. The van der Waals surface area contributed by atoms with Gasteiger partial charge in [-0.05, 0) is 70.9 Å². The largest absolute Gasteiger partial charge is 0.360 e. The van der Waals surface area contributed by atoms with Crippen molar-refractivity contribution in [1.82, 2.24) is 0 Å². The van der Waals surface area contributed by atoms with Gasteiger partial charge < -0.3 is 10.6 Å². The highest BCUT2D eigenvalue weighted by Crippen LogP contribution is 2.48. The molecule has 0 saturated heterocycles. The molecule has 2 aromatic carbocycles. The molecular weight excluding hydrogens is 388 g/mol. The number of anilines is 2. The monoisotopic (exact) mass is 426 g/mol. The van der Waals surface area contributed by atoms with Gasteiger partial charge in [-0.25, -0.2) is 0 Å². The first-order chi connectivity index (χ1) is 15.0. The number of hydrogen-bond donors (Lipinski definition) is 2. The number of benzene rings is 2. The highest BCUT2D eigenvalue weighted by atomic mass is 14.9. The van der Waals surface area contributed by atoms with Crippen LogP contribution in [0.1, 0.15) is 89.5 Å². The maximum atomic E-state index is 4.43. The van der Waals surface area contributed by atoms with Gasteiger partial charge in [-0.1, -0.05) is 78.5 Å². The summed E-state index contributed by atoms with van der Waals surface area (Å²) in [5, 5.41) is 7.28. The minimum absolute atomic E-state index is 0.0338. The topological polar surface area (TPSA) is 24.1 Å². The van der Waals surface area contributed by atoms with E-state index >= 15 is 0 Å². The van der Waals surface area contributed by atoms with Crippen LogP contribution in [0, 0.1) is 0 Å². The molecule has 0 atom stereocenters. The summed E-state index contributed by atoms with van der Waals surface area (Å²) in [5.41, 5.74) is 11.3. The smallest absolute Gasteiger partial charge is 0.0459 e. The third-order valence-corrected chi connectivity index (χ3v) is 6.62. The molecule has 0 spiro atoms. The van der Waals surface area contributed by atoms with Gasteiger partial charge in [0, 0.05) is 34.4 Å². The van der Waals surface area contributed by atoms with Crippen LogP contribution < -0.4 is 10.6 Å². The fraction of sp³-hybridized carbons (Fsp3) is 0.400. The van der Waals surface area contributed by atoms with Crippen LogP contribution >= 0.6 is 0 Å². The Morgan fingerprint density at radius 2 is 1.66 bits per heavy atom. The second-order valence-electron chi connectivity index (χ2n) is 11.3. The van der Waals surface area contributed by atoms with Gasteiger partial charge in [-0.2, -0.15) is 0 Å². The first-order valence-corrected chi connectivity index (χ1v) is 11.9. The molecule has 2 nitrogen and oxygen atoms in total. The summed E-state index contributed by atoms with van der Waals surface area (Å²) in [7, 11) is 0. The van der Waals surface area contributed by atoms with E-state index in [1.165, 1.54) is 35.2 Å². The van der Waals surface area contributed by atoms with E-state index in [0.29, 0.717) is 5.92 Å². The van der Waals surface area contributed by atoms with E-state index in [-0.39, 0.29) is 10.8 Å². The van der Waals surface area contributed by atoms with Crippen LogP contribution in [0.15, 0.2) is 66.5 Å². The summed E-state index contributed by atoms with van der Waals surface area (Å²) in [6.45, 7) is 20.5. The molecule has 0 aromatic heterocycles. The Balaban J connectivity index is 1.77. The van der Waals surface area contributed by atoms with Crippen LogP contribution in [-0.4, -0.2) is 0 Å². The summed E-state index contributed by atoms with van der Waals surface area (Å²) in [6.07, 6.45) is 6.84. The van der Waals surface area contributed by atoms with E-state index in [1.807, 2.05) is 0 Å². The molecule has 0 radical (unpaired) electrons. The molecule has 0 unspecified atom stereocenters. The van der Waals surface area contributed by atoms with Crippen molar-refractivity contribution < 1.29 is 0 Å². The van der Waals surface area contributed by atoms with Gasteiger partial charge in [0.15, 0.2) is 0 Å². The molecule has 2 aromatic rings. The second-order valence-corrected chi connectivity index (χ2v) is 11.3. The Morgan fingerprint density at radius 3 is 2.25 bits per heavy atom. The van der Waals surface area contributed by atoms with Gasteiger partial charge in [-0.15, -0.1) is 0 Å². The molecule has 1 saturated carbocycles. The molecule has 1 heterocycles. The van der Waals surface area contributed by atoms with E-state index in [1.54, 1.807) is 0 Å². The molecule has 1 aliphatic carbocycles. The van der Waals surface area contributed by atoms with Gasteiger partial charge in [0.1, 0.15) is 0 Å². The van der Waals surface area contributed by atoms with Crippen LogP contribution in [-0.2, 0) is 10.8 Å². The van der Waals surface area contributed by atoms with E-state index in [4.69, 9.17) is 0 Å². The maximum Gasteiger partial charge on any atom is 0.0459 e. The Kier molecular flexibility index (Phi) is 5.61. The predicted molar refractivity (Wildman–Crippen MR) is 140 cm³/mol. The quantitative estimate of drug-likeness (QED) is 0.512. The highest BCUT2D eigenvalue weighted by molar-refractivity contribution is 5.92. The number of rotatable bonds is 4. The van der Waals surface area contributed by atoms with Crippen molar-refractivity contribution >= 4 is 16.9 Å². The van der Waals surface area contributed by atoms with Gasteiger partial charge in [-0.3, -0.25) is 0 Å². The number of para-hydroxylation sites is 1. The zero-order valence-corrected chi connectivity index (χ0v) is 20.8. The van der Waals surface area contributed by atoms with Crippen LogP contribution in [0.25, 0.3) is 5.57 Å². The van der Waals surface area contributed by atoms with Crippen LogP contribution in [0.3, 0.4) is 0 Å². The molecule has 168 valence electrons. The first-order valence-electron chi connectivity index (χ1n) is 11.9. The Labute approximate surface area is 194 Å². The average Bonchev–Trinajstić information content (AvgIpc) is 3.56. The van der Waals surface area contributed by atoms with E-state index in [0.717, 1.165) is 28.1 Å². The maximum absolute atomic E-state index is 4.43. The van der Waals surface area contributed by atoms with Crippen molar-refractivity contribution in [3.63, 3.8) is 0 Å². The summed E-state index contributed by atoms with van der Waals surface area (Å²) in [5.74, 6) is 0.699. The molecule has 4 rings (SSSR count). The normalized spacial score (nSPS) is 16.9. The molecular formula is C30H38N2. The van der Waals surface area contributed by atoms with Crippen LogP contribution in [0.4, 0.5) is 11.4 Å². The van der Waals surface area contributed by atoms with Gasteiger partial charge >= 0.3 is 0 Å². The third-order valence-electron chi connectivity index (χ3n) is 6.62. The lowest BCUT2D eigenvalue weighted by molar-refractivity contribution is 0.564. The number of nitrogens with one attached hydrogen (secondary N) is 2. The summed E-state index contributed by atoms with van der Waals surface area (Å²) in [6, 6.07) is 13.3. The Morgan fingerprint density at radius 1 is 1.00 bits per heavy atom. The van der Waals surface area contributed by atoms with Crippen molar-refractivity contribution in [2.75, 3.05) is 10.6 Å². The molecule has 1 fully saturated rings. The van der Waals surface area contributed by atoms with E-state index in [9.17, 15) is 0 Å². The zero-order chi connectivity index (χ0) is 23.3. The van der Waals surface area contributed by atoms with Gasteiger partial charge in [0.2, 0.25) is 0 Å². The summed E-state index contributed by atoms with van der Waals surface area (Å²) in [4.78, 5) is 0. The summed E-state index contributed by atoms with van der Waals surface area (Å²) < 4.78 is 0. The zero-order valence-electron chi connectivity index (χ0n) is 20.8. The molecule has 32 heavy (non-hydrogen) atoms. The molecule has 1 aliphatic heterocycles. The highest BCUT2D eigenvalue weighted by Gasteiger charge is 2.33. The average molecular weight is 427 g/mol. The van der Waals surface area contributed by atoms with Crippen molar-refractivity contribution in [2.45, 2.75) is 78.1 Å². The minimum atomic E-state index is 0.0338. The minimum Gasteiger partial charge on any atom is -0.360 e. The first kappa shape index (κ1) is 22.5. The van der Waals surface area contributed by atoms with Crippen molar-refractivity contribution in [3.8, 4) is 0 Å². The van der Waals surface area contributed by atoms with Crippen LogP contribution in [0.2, 0.25) is 0 Å². The lowest BCUT2D eigenvalue weighted by atomic mass is 9.76. The second kappa shape index (κ2) is 7.99. The summed E-state index contributed by atoms with van der Waals surface area (Å²) >= 11 is 0. The van der Waals surface area contributed by atoms with Crippen molar-refractivity contribution in [1.29, 1.82) is 0 Å². The van der Waals surface area contributed by atoms with E-state index in [2.05, 4.69) is 114 Å². The van der Waals surface area contributed by atoms with Crippen molar-refractivity contribution in [3.05, 3.63) is 88.8 Å². The third kappa shape index (κ3) is 4.28. The van der Waals surface area contributed by atoms with Gasteiger partial charge in [0.25, 0.3) is 0 Å². The molecule has 2 heteroatoms. The number of fused-ring (bicyclic) bond motifs is 1. The molecule has 2 N–H and O–H groups in total. The SMILES string of the molecule is C=C1C(/C(=C\C)Nc2cc(C3CC3)c(C(C)(C)C)cc2C(C)(C)C)=CNc2ccccc21. The lowest BCUT2D eigenvalue weighted by Crippen LogP contribution is -2.21. The van der Waals surface area contributed by atoms with Crippen molar-refractivity contribution in [2.24, 2.45) is 0 Å². The molecule has 2 aliphatic rings. The van der Waals surface area contributed by atoms with E-state index < -0.39 is 0 Å². The fourth-order valence-electron chi connectivity index (χ4n) is 4.66. The Hall–Kier alpha value is -2.74.